The van der Waals surface area contributed by atoms with Gasteiger partial charge >= 0.3 is 18.2 Å². The third kappa shape index (κ3) is 5.01. The molecule has 0 aliphatic heterocycles. The van der Waals surface area contributed by atoms with E-state index < -0.39 is 47.3 Å². The molecule has 0 unspecified atom stereocenters. The van der Waals surface area contributed by atoms with Crippen LogP contribution in [0.3, 0.4) is 0 Å². The molecule has 0 fully saturated rings. The normalized spacial score (nSPS) is 14.5. The summed E-state index contributed by atoms with van der Waals surface area (Å²) in [5.74, 6) is -2.42. The molecule has 202 valence electrons. The fourth-order valence-electron chi connectivity index (χ4n) is 3.95. The minimum absolute atomic E-state index is 0.0936. The van der Waals surface area contributed by atoms with E-state index in [0.717, 1.165) is 33.5 Å². The van der Waals surface area contributed by atoms with Gasteiger partial charge in [0.05, 0.1) is 18.3 Å². The van der Waals surface area contributed by atoms with E-state index in [1.807, 2.05) is 0 Å². The number of rotatable bonds is 9. The Morgan fingerprint density at radius 2 is 1.79 bits per heavy atom. The molecule has 9 nitrogen and oxygen atoms in total. The second-order valence-corrected chi connectivity index (χ2v) is 8.39. The van der Waals surface area contributed by atoms with Gasteiger partial charge in [0.25, 0.3) is 0 Å². The number of halogens is 6. The van der Waals surface area contributed by atoms with Gasteiger partial charge in [0.15, 0.2) is 0 Å². The highest BCUT2D eigenvalue weighted by Crippen LogP contribution is 2.36. The van der Waals surface area contributed by atoms with Gasteiger partial charge in [0.1, 0.15) is 41.5 Å². The van der Waals surface area contributed by atoms with Crippen LogP contribution in [0.5, 0.6) is 5.75 Å². The van der Waals surface area contributed by atoms with Crippen molar-refractivity contribution in [1.82, 2.24) is 29.1 Å². The highest BCUT2D eigenvalue weighted by atomic mass is 19.3. The van der Waals surface area contributed by atoms with Crippen molar-refractivity contribution in [3.8, 4) is 11.4 Å². The minimum atomic E-state index is -4.71. The summed E-state index contributed by atoms with van der Waals surface area (Å²) >= 11 is 0. The van der Waals surface area contributed by atoms with E-state index in [9.17, 15) is 36.2 Å². The fraction of sp³-hybridized carbons (Fsp3) is 0.304. The van der Waals surface area contributed by atoms with E-state index in [0.29, 0.717) is 6.07 Å². The van der Waals surface area contributed by atoms with Crippen molar-refractivity contribution in [2.45, 2.75) is 44.6 Å². The first-order valence-electron chi connectivity index (χ1n) is 11.0. The van der Waals surface area contributed by atoms with Gasteiger partial charge in [-0.05, 0) is 44.2 Å². The summed E-state index contributed by atoms with van der Waals surface area (Å²) in [6.45, 7) is 2.44. The Morgan fingerprint density at radius 3 is 2.37 bits per heavy atom. The van der Waals surface area contributed by atoms with Crippen molar-refractivity contribution in [1.29, 1.82) is 0 Å². The molecule has 2 aromatic heterocycles. The molecule has 2 aromatic carbocycles. The molecular weight excluding hydrogens is 522 g/mol. The molecule has 0 saturated heterocycles. The van der Waals surface area contributed by atoms with Crippen LogP contribution in [0.2, 0.25) is 0 Å². The Balaban J connectivity index is 1.73. The molecule has 2 atom stereocenters. The standard InChI is InChI=1S/C23H20F6N6O3/c1-13(22(37,10-33-12-30-11-31-33)18-8-3-15(24)9-19(18)25)35-21(36)34(14(2)32-35)16-4-6-17(7-5-16)38-23(28,29)20(26)27/h3-9,11-13,20,37H,10H2,1-2H3/t13-,22-/m1/s1. The number of aliphatic hydroxyl groups is 1. The van der Waals surface area contributed by atoms with Gasteiger partial charge in [-0.25, -0.2) is 32.5 Å². The van der Waals surface area contributed by atoms with Gasteiger partial charge < -0.3 is 9.84 Å². The van der Waals surface area contributed by atoms with Gasteiger partial charge in [-0.15, -0.1) is 0 Å². The quantitative estimate of drug-likeness (QED) is 0.325. The number of benzene rings is 2. The van der Waals surface area contributed by atoms with Crippen molar-refractivity contribution >= 4 is 0 Å². The van der Waals surface area contributed by atoms with Crippen molar-refractivity contribution in [2.24, 2.45) is 0 Å². The van der Waals surface area contributed by atoms with Crippen LogP contribution in [0.1, 0.15) is 24.4 Å². The first-order valence-corrected chi connectivity index (χ1v) is 11.0. The number of aromatic nitrogens is 6. The monoisotopic (exact) mass is 542 g/mol. The van der Waals surface area contributed by atoms with E-state index in [1.165, 1.54) is 43.3 Å². The number of alkyl halides is 4. The van der Waals surface area contributed by atoms with Gasteiger partial charge in [0.2, 0.25) is 0 Å². The Morgan fingerprint density at radius 1 is 1.11 bits per heavy atom. The lowest BCUT2D eigenvalue weighted by Crippen LogP contribution is -2.44. The number of hydrogen-bond acceptors (Lipinski definition) is 6. The number of ether oxygens (including phenoxy) is 1. The molecule has 0 spiro atoms. The zero-order valence-electron chi connectivity index (χ0n) is 19.8. The summed E-state index contributed by atoms with van der Waals surface area (Å²) in [5, 5.41) is 19.8. The molecular formula is C23H20F6N6O3. The van der Waals surface area contributed by atoms with Crippen LogP contribution >= 0.6 is 0 Å². The lowest BCUT2D eigenvalue weighted by Gasteiger charge is -2.34. The average molecular weight is 542 g/mol. The van der Waals surface area contributed by atoms with Crippen molar-refractivity contribution < 1.29 is 36.2 Å². The molecule has 2 heterocycles. The number of nitrogens with zero attached hydrogens (tertiary/aromatic N) is 6. The smallest absolute Gasteiger partial charge is 0.428 e. The zero-order chi connectivity index (χ0) is 27.8. The number of aryl methyl sites for hydroxylation is 1. The maximum Gasteiger partial charge on any atom is 0.461 e. The van der Waals surface area contributed by atoms with E-state index in [2.05, 4.69) is 19.9 Å². The molecule has 0 radical (unpaired) electrons. The molecule has 0 bridgehead atoms. The first-order chi connectivity index (χ1) is 17.8. The van der Waals surface area contributed by atoms with Gasteiger partial charge in [-0.1, -0.05) is 6.07 Å². The molecule has 1 N–H and O–H groups in total. The largest absolute Gasteiger partial charge is 0.461 e. The Bertz CT molecular complexity index is 1470. The molecule has 0 aliphatic carbocycles. The highest BCUT2D eigenvalue weighted by Gasteiger charge is 2.44. The average Bonchev–Trinajstić information content (AvgIpc) is 3.45. The van der Waals surface area contributed by atoms with Gasteiger partial charge in [0, 0.05) is 11.6 Å². The summed E-state index contributed by atoms with van der Waals surface area (Å²) in [7, 11) is 0. The second-order valence-electron chi connectivity index (χ2n) is 8.39. The summed E-state index contributed by atoms with van der Waals surface area (Å²) in [4.78, 5) is 17.2. The molecule has 0 saturated carbocycles. The molecule has 15 heteroatoms. The topological polar surface area (TPSA) is 100.0 Å². The van der Waals surface area contributed by atoms with Crippen LogP contribution in [-0.2, 0) is 12.1 Å². The van der Waals surface area contributed by atoms with Crippen LogP contribution < -0.4 is 10.4 Å². The summed E-state index contributed by atoms with van der Waals surface area (Å²) in [6, 6.07) is 5.59. The Kier molecular flexibility index (Phi) is 7.06. The van der Waals surface area contributed by atoms with E-state index in [1.54, 1.807) is 0 Å². The second kappa shape index (κ2) is 9.96. The summed E-state index contributed by atoms with van der Waals surface area (Å²) < 4.78 is 86.8. The van der Waals surface area contributed by atoms with E-state index in [4.69, 9.17) is 0 Å². The SMILES string of the molecule is Cc1nn([C@H](C)[C@](O)(Cn2cncn2)c2ccc(F)cc2F)c(=O)n1-c1ccc(OC(F)(F)C(F)F)cc1. The van der Waals surface area contributed by atoms with Crippen LogP contribution in [0.15, 0.2) is 59.9 Å². The van der Waals surface area contributed by atoms with Crippen molar-refractivity contribution in [2.75, 3.05) is 0 Å². The molecule has 0 aliphatic rings. The lowest BCUT2D eigenvalue weighted by atomic mass is 9.86. The predicted molar refractivity (Wildman–Crippen MR) is 119 cm³/mol. The predicted octanol–water partition coefficient (Wildman–Crippen LogP) is 3.60. The third-order valence-corrected chi connectivity index (χ3v) is 5.89. The maximum absolute atomic E-state index is 14.8. The van der Waals surface area contributed by atoms with Gasteiger partial charge in [-0.2, -0.15) is 27.8 Å². The van der Waals surface area contributed by atoms with Crippen molar-refractivity contribution in [3.63, 3.8) is 0 Å². The third-order valence-electron chi connectivity index (χ3n) is 5.89. The highest BCUT2D eigenvalue weighted by molar-refractivity contribution is 5.38. The molecule has 4 rings (SSSR count). The zero-order valence-corrected chi connectivity index (χ0v) is 19.8. The summed E-state index contributed by atoms with van der Waals surface area (Å²) in [5.41, 5.74) is -3.20. The van der Waals surface area contributed by atoms with Crippen LogP contribution in [0.25, 0.3) is 5.69 Å². The molecule has 0 amide bonds. The molecule has 4 aromatic rings. The number of hydrogen-bond donors (Lipinski definition) is 1. The van der Waals surface area contributed by atoms with Crippen molar-refractivity contribution in [3.05, 3.63) is 88.6 Å². The van der Waals surface area contributed by atoms with E-state index >= 15 is 0 Å². The lowest BCUT2D eigenvalue weighted by molar-refractivity contribution is -0.253. The molecule has 38 heavy (non-hydrogen) atoms. The maximum atomic E-state index is 14.8. The van der Waals surface area contributed by atoms with E-state index in [-0.39, 0.29) is 23.6 Å². The van der Waals surface area contributed by atoms with Gasteiger partial charge in [-0.3, -0.25) is 0 Å². The Hall–Kier alpha value is -4.14. The fourth-order valence-corrected chi connectivity index (χ4v) is 3.95. The van der Waals surface area contributed by atoms with Crippen LogP contribution in [0, 0.1) is 18.6 Å². The Labute approximate surface area is 210 Å². The summed E-state index contributed by atoms with van der Waals surface area (Å²) in [6.07, 6.45) is -6.32. The first kappa shape index (κ1) is 26.9. The minimum Gasteiger partial charge on any atom is -0.428 e. The van der Waals surface area contributed by atoms with Crippen LogP contribution in [0.4, 0.5) is 26.3 Å². The van der Waals surface area contributed by atoms with Crippen LogP contribution in [-0.4, -0.2) is 46.8 Å².